The molecule has 0 N–H and O–H groups in total. The number of aryl methyl sites for hydroxylation is 1. The largest absolute Gasteiger partial charge is 0.370 e. The lowest BCUT2D eigenvalue weighted by Gasteiger charge is -2.23. The molecule has 0 atom stereocenters. The fourth-order valence-electron chi connectivity index (χ4n) is 3.68. The van der Waals surface area contributed by atoms with Gasteiger partial charge < -0.3 is 9.80 Å². The normalized spacial score (nSPS) is 14.6. The lowest BCUT2D eigenvalue weighted by molar-refractivity contribution is 0.0771. The number of rotatable bonds is 4. The van der Waals surface area contributed by atoms with Crippen LogP contribution in [0.15, 0.2) is 48.5 Å². The first-order valence-corrected chi connectivity index (χ1v) is 10.8. The number of anilines is 1. The van der Waals surface area contributed by atoms with Crippen LogP contribution in [-0.2, 0) is 6.42 Å². The molecule has 0 unspecified atom stereocenters. The molecule has 2 aromatic carbocycles. The van der Waals surface area contributed by atoms with E-state index in [4.69, 9.17) is 0 Å². The fourth-order valence-corrected chi connectivity index (χ4v) is 4.74. The van der Waals surface area contributed by atoms with Gasteiger partial charge in [0, 0.05) is 38.3 Å². The fraction of sp³-hybridized carbons (Fsp3) is 0.304. The molecule has 3 aromatic rings. The molecule has 0 bridgehead atoms. The predicted octanol–water partition coefficient (Wildman–Crippen LogP) is 4.67. The first-order chi connectivity index (χ1) is 14.5. The van der Waals surface area contributed by atoms with Crippen molar-refractivity contribution in [3.8, 4) is 0 Å². The van der Waals surface area contributed by atoms with Gasteiger partial charge in [0.25, 0.3) is 5.91 Å². The Morgan fingerprint density at radius 1 is 0.967 bits per heavy atom. The van der Waals surface area contributed by atoms with Crippen LogP contribution in [0.25, 0.3) is 0 Å². The Kier molecular flexibility index (Phi) is 6.08. The van der Waals surface area contributed by atoms with E-state index >= 15 is 0 Å². The molecule has 4 rings (SSSR count). The van der Waals surface area contributed by atoms with Crippen molar-refractivity contribution in [1.29, 1.82) is 0 Å². The number of hydrogen-bond acceptors (Lipinski definition) is 4. The van der Waals surface area contributed by atoms with Crippen molar-refractivity contribution in [3.05, 3.63) is 81.3 Å². The summed E-state index contributed by atoms with van der Waals surface area (Å²) >= 11 is 1.41. The van der Waals surface area contributed by atoms with Crippen molar-refractivity contribution in [1.82, 2.24) is 9.88 Å². The number of hydrogen-bond donors (Lipinski definition) is 0. The number of benzene rings is 2. The van der Waals surface area contributed by atoms with Gasteiger partial charge in [-0.1, -0.05) is 12.1 Å². The third-order valence-electron chi connectivity index (χ3n) is 5.28. The topological polar surface area (TPSA) is 36.4 Å². The predicted molar refractivity (Wildman–Crippen MR) is 115 cm³/mol. The zero-order valence-electron chi connectivity index (χ0n) is 16.8. The van der Waals surface area contributed by atoms with Crippen LogP contribution < -0.4 is 4.90 Å². The van der Waals surface area contributed by atoms with E-state index in [1.165, 1.54) is 35.6 Å². The maximum atomic E-state index is 13.2. The molecule has 1 saturated heterocycles. The average molecular weight is 428 g/mol. The lowest BCUT2D eigenvalue weighted by atomic mass is 10.1. The Morgan fingerprint density at radius 3 is 2.33 bits per heavy atom. The Bertz CT molecular complexity index is 1020. The van der Waals surface area contributed by atoms with Gasteiger partial charge in [0.05, 0.1) is 10.7 Å². The average Bonchev–Trinajstić information content (AvgIpc) is 2.94. The minimum atomic E-state index is -0.263. The molecule has 1 aliphatic rings. The molecule has 0 saturated carbocycles. The minimum absolute atomic E-state index is 0.0105. The van der Waals surface area contributed by atoms with Gasteiger partial charge in [-0.25, -0.2) is 13.8 Å². The van der Waals surface area contributed by atoms with Gasteiger partial charge in [0.2, 0.25) is 0 Å². The second-order valence-corrected chi connectivity index (χ2v) is 8.52. The number of carbonyl (C=O) groups excluding carboxylic acids is 1. The molecule has 0 spiro atoms. The van der Waals surface area contributed by atoms with Crippen LogP contribution in [0.1, 0.15) is 32.4 Å². The van der Waals surface area contributed by atoms with Crippen molar-refractivity contribution in [2.24, 2.45) is 0 Å². The molecule has 2 heterocycles. The molecule has 30 heavy (non-hydrogen) atoms. The van der Waals surface area contributed by atoms with Gasteiger partial charge in [-0.15, -0.1) is 11.3 Å². The summed E-state index contributed by atoms with van der Waals surface area (Å²) in [5, 5.41) is 0.852. The van der Waals surface area contributed by atoms with Crippen LogP contribution in [0.5, 0.6) is 0 Å². The Labute approximate surface area is 178 Å². The zero-order chi connectivity index (χ0) is 21.1. The molecule has 4 nitrogen and oxygen atoms in total. The van der Waals surface area contributed by atoms with E-state index in [9.17, 15) is 13.6 Å². The third-order valence-corrected chi connectivity index (χ3v) is 6.42. The molecule has 1 fully saturated rings. The van der Waals surface area contributed by atoms with E-state index in [0.29, 0.717) is 30.9 Å². The van der Waals surface area contributed by atoms with Gasteiger partial charge in [-0.05, 0) is 55.3 Å². The summed E-state index contributed by atoms with van der Waals surface area (Å²) in [5.74, 6) is -0.500. The van der Waals surface area contributed by atoms with Crippen molar-refractivity contribution in [2.75, 3.05) is 31.1 Å². The summed E-state index contributed by atoms with van der Waals surface area (Å²) < 4.78 is 26.3. The molecule has 0 radical (unpaired) electrons. The summed E-state index contributed by atoms with van der Waals surface area (Å²) in [6.45, 7) is 4.69. The van der Waals surface area contributed by atoms with Crippen molar-refractivity contribution >= 4 is 22.9 Å². The van der Waals surface area contributed by atoms with Gasteiger partial charge in [-0.2, -0.15) is 0 Å². The number of thiazole rings is 1. The van der Waals surface area contributed by atoms with Crippen LogP contribution >= 0.6 is 11.3 Å². The highest BCUT2D eigenvalue weighted by atomic mass is 32.1. The molecule has 1 amide bonds. The lowest BCUT2D eigenvalue weighted by Crippen LogP contribution is -2.35. The standard InChI is InChI=1S/C23H23F2N3OS/c1-16-22(30-21(26-16)15-17-3-5-18(24)6-4-17)23(29)28-12-2-11-27(13-14-28)20-9-7-19(25)8-10-20/h3-10H,2,11-15H2,1H3. The summed E-state index contributed by atoms with van der Waals surface area (Å²) in [4.78, 5) is 22.5. The zero-order valence-corrected chi connectivity index (χ0v) is 17.6. The molecular formula is C23H23F2N3OS. The summed E-state index contributed by atoms with van der Waals surface area (Å²) in [6.07, 6.45) is 1.43. The van der Waals surface area contributed by atoms with Crippen LogP contribution in [-0.4, -0.2) is 42.0 Å². The highest BCUT2D eigenvalue weighted by molar-refractivity contribution is 7.13. The van der Waals surface area contributed by atoms with E-state index in [2.05, 4.69) is 9.88 Å². The van der Waals surface area contributed by atoms with Crippen LogP contribution in [0.4, 0.5) is 14.5 Å². The van der Waals surface area contributed by atoms with Crippen LogP contribution in [0.3, 0.4) is 0 Å². The van der Waals surface area contributed by atoms with Gasteiger partial charge in [0.1, 0.15) is 16.5 Å². The van der Waals surface area contributed by atoms with E-state index in [1.807, 2.05) is 11.8 Å². The number of carbonyl (C=O) groups is 1. The Hall–Kier alpha value is -2.80. The SMILES string of the molecule is Cc1nc(Cc2ccc(F)cc2)sc1C(=O)N1CCCN(c2ccc(F)cc2)CC1. The molecule has 0 aliphatic carbocycles. The number of halogens is 2. The van der Waals surface area contributed by atoms with Crippen LogP contribution in [0.2, 0.25) is 0 Å². The van der Waals surface area contributed by atoms with Gasteiger partial charge >= 0.3 is 0 Å². The highest BCUT2D eigenvalue weighted by Gasteiger charge is 2.24. The first-order valence-electron chi connectivity index (χ1n) is 10.00. The van der Waals surface area contributed by atoms with Gasteiger partial charge in [-0.3, -0.25) is 4.79 Å². The van der Waals surface area contributed by atoms with E-state index in [1.54, 1.807) is 24.3 Å². The molecular weight excluding hydrogens is 404 g/mol. The van der Waals surface area contributed by atoms with Crippen molar-refractivity contribution in [2.45, 2.75) is 19.8 Å². The quantitative estimate of drug-likeness (QED) is 0.607. The first kappa shape index (κ1) is 20.5. The summed E-state index contributed by atoms with van der Waals surface area (Å²) in [6, 6.07) is 12.8. The maximum Gasteiger partial charge on any atom is 0.265 e. The van der Waals surface area contributed by atoms with E-state index < -0.39 is 0 Å². The second-order valence-electron chi connectivity index (χ2n) is 7.43. The smallest absolute Gasteiger partial charge is 0.265 e. The number of aromatic nitrogens is 1. The van der Waals surface area contributed by atoms with E-state index in [-0.39, 0.29) is 17.5 Å². The van der Waals surface area contributed by atoms with Crippen molar-refractivity contribution in [3.63, 3.8) is 0 Å². The summed E-state index contributed by atoms with van der Waals surface area (Å²) in [5.41, 5.74) is 2.68. The monoisotopic (exact) mass is 427 g/mol. The second kappa shape index (κ2) is 8.92. The third kappa shape index (κ3) is 4.67. The molecule has 156 valence electrons. The highest BCUT2D eigenvalue weighted by Crippen LogP contribution is 2.24. The Morgan fingerprint density at radius 2 is 1.63 bits per heavy atom. The number of nitrogens with zero attached hydrogens (tertiary/aromatic N) is 3. The summed E-state index contributed by atoms with van der Waals surface area (Å²) in [7, 11) is 0. The molecule has 1 aromatic heterocycles. The van der Waals surface area contributed by atoms with Gasteiger partial charge in [0.15, 0.2) is 0 Å². The molecule has 7 heteroatoms. The van der Waals surface area contributed by atoms with Crippen LogP contribution in [0, 0.1) is 18.6 Å². The maximum absolute atomic E-state index is 13.2. The molecule has 1 aliphatic heterocycles. The number of amides is 1. The minimum Gasteiger partial charge on any atom is -0.370 e. The van der Waals surface area contributed by atoms with E-state index in [0.717, 1.165) is 34.9 Å². The Balaban J connectivity index is 1.43. The van der Waals surface area contributed by atoms with Crippen molar-refractivity contribution < 1.29 is 13.6 Å².